The molecular weight excluding hydrogens is 305 g/mol. The third kappa shape index (κ3) is 2.53. The van der Waals surface area contributed by atoms with Crippen LogP contribution in [0.15, 0.2) is 22.7 Å². The Balaban J connectivity index is 2.00. The fraction of sp³-hybridized carbons (Fsp3) is 0.333. The first-order chi connectivity index (χ1) is 8.49. The Morgan fingerprint density at radius 2 is 2.06 bits per heavy atom. The number of hydrogen-bond donors (Lipinski definition) is 2. The van der Waals surface area contributed by atoms with Gasteiger partial charge in [-0.15, -0.1) is 0 Å². The zero-order valence-corrected chi connectivity index (χ0v) is 10.9. The molecule has 96 valence electrons. The van der Waals surface area contributed by atoms with Crippen LogP contribution >= 0.6 is 15.9 Å². The molecule has 0 aliphatic heterocycles. The second kappa shape index (κ2) is 5.06. The van der Waals surface area contributed by atoms with Crippen molar-refractivity contribution in [2.24, 2.45) is 5.92 Å². The molecule has 1 fully saturated rings. The van der Waals surface area contributed by atoms with E-state index in [9.17, 15) is 14.0 Å². The molecule has 2 rings (SSSR count). The molecule has 1 aliphatic carbocycles. The van der Waals surface area contributed by atoms with Gasteiger partial charge in [0.1, 0.15) is 5.82 Å². The zero-order chi connectivity index (χ0) is 13.3. The quantitative estimate of drug-likeness (QED) is 0.898. The molecule has 0 bridgehead atoms. The molecule has 0 saturated heterocycles. The summed E-state index contributed by atoms with van der Waals surface area (Å²) in [6, 6.07) is 4.10. The molecule has 1 saturated carbocycles. The van der Waals surface area contributed by atoms with Crippen LogP contribution in [0, 0.1) is 11.7 Å². The second-order valence-corrected chi connectivity index (χ2v) is 5.13. The molecule has 4 nitrogen and oxygen atoms in total. The standard InChI is InChI=1S/C12H11BrFNO3/c13-8-2-1-3-9(14)10(8)11(16)15-7-4-6(5-7)12(17)18/h1-3,6-7H,4-5H2,(H,15,16)(H,17,18). The number of carboxylic acids is 1. The molecule has 0 heterocycles. The maximum Gasteiger partial charge on any atom is 0.306 e. The van der Waals surface area contributed by atoms with Crippen LogP contribution in [0.2, 0.25) is 0 Å². The minimum absolute atomic E-state index is 0.0451. The molecule has 6 heteroatoms. The number of carbonyl (C=O) groups is 2. The van der Waals surface area contributed by atoms with Crippen LogP contribution in [-0.2, 0) is 4.79 Å². The maximum atomic E-state index is 13.5. The van der Waals surface area contributed by atoms with Crippen LogP contribution in [-0.4, -0.2) is 23.0 Å². The van der Waals surface area contributed by atoms with E-state index in [1.54, 1.807) is 6.07 Å². The number of amides is 1. The van der Waals surface area contributed by atoms with E-state index >= 15 is 0 Å². The van der Waals surface area contributed by atoms with E-state index in [2.05, 4.69) is 21.2 Å². The normalized spacial score (nSPS) is 22.1. The summed E-state index contributed by atoms with van der Waals surface area (Å²) in [5.74, 6) is -2.38. The van der Waals surface area contributed by atoms with Crippen molar-refractivity contribution in [1.29, 1.82) is 0 Å². The summed E-state index contributed by atoms with van der Waals surface area (Å²) in [4.78, 5) is 22.4. The summed E-state index contributed by atoms with van der Waals surface area (Å²) in [5.41, 5.74) is -0.0451. The van der Waals surface area contributed by atoms with Crippen LogP contribution in [0.3, 0.4) is 0 Å². The van der Waals surface area contributed by atoms with E-state index in [-0.39, 0.29) is 11.6 Å². The van der Waals surface area contributed by atoms with Gasteiger partial charge in [-0.25, -0.2) is 4.39 Å². The van der Waals surface area contributed by atoms with Crippen LogP contribution in [0.1, 0.15) is 23.2 Å². The minimum atomic E-state index is -0.854. The van der Waals surface area contributed by atoms with Gasteiger partial charge >= 0.3 is 5.97 Å². The first kappa shape index (κ1) is 13.0. The molecular formula is C12H11BrFNO3. The summed E-state index contributed by atoms with van der Waals surface area (Å²) >= 11 is 3.12. The van der Waals surface area contributed by atoms with Gasteiger partial charge in [-0.1, -0.05) is 6.07 Å². The largest absolute Gasteiger partial charge is 0.481 e. The summed E-state index contributed by atoms with van der Waals surface area (Å²) in [5, 5.41) is 11.3. The smallest absolute Gasteiger partial charge is 0.306 e. The summed E-state index contributed by atoms with van der Waals surface area (Å²) in [6.07, 6.45) is 0.792. The van der Waals surface area contributed by atoms with Crippen LogP contribution in [0.4, 0.5) is 4.39 Å². The minimum Gasteiger partial charge on any atom is -0.481 e. The molecule has 0 atom stereocenters. The maximum absolute atomic E-state index is 13.5. The Labute approximate surface area is 111 Å². The lowest BCUT2D eigenvalue weighted by molar-refractivity contribution is -0.145. The SMILES string of the molecule is O=C(NC1CC(C(=O)O)C1)c1c(F)cccc1Br. The summed E-state index contributed by atoms with van der Waals surface area (Å²) in [7, 11) is 0. The van der Waals surface area contributed by atoms with Crippen LogP contribution in [0.5, 0.6) is 0 Å². The Hall–Kier alpha value is -1.43. The van der Waals surface area contributed by atoms with E-state index in [0.29, 0.717) is 17.3 Å². The lowest BCUT2D eigenvalue weighted by Gasteiger charge is -2.32. The van der Waals surface area contributed by atoms with Gasteiger partial charge in [-0.2, -0.15) is 0 Å². The molecule has 18 heavy (non-hydrogen) atoms. The highest BCUT2D eigenvalue weighted by molar-refractivity contribution is 9.10. The summed E-state index contributed by atoms with van der Waals surface area (Å²) < 4.78 is 13.9. The zero-order valence-electron chi connectivity index (χ0n) is 9.32. The van der Waals surface area contributed by atoms with Gasteiger partial charge in [-0.05, 0) is 40.9 Å². The fourth-order valence-corrected chi connectivity index (χ4v) is 2.43. The first-order valence-electron chi connectivity index (χ1n) is 5.46. The number of rotatable bonds is 3. The lowest BCUT2D eigenvalue weighted by Crippen LogP contribution is -2.46. The van der Waals surface area contributed by atoms with Crippen molar-refractivity contribution >= 4 is 27.8 Å². The van der Waals surface area contributed by atoms with E-state index in [1.165, 1.54) is 12.1 Å². The Morgan fingerprint density at radius 3 is 2.61 bits per heavy atom. The fourth-order valence-electron chi connectivity index (χ4n) is 1.91. The Morgan fingerprint density at radius 1 is 1.39 bits per heavy atom. The van der Waals surface area contributed by atoms with Gasteiger partial charge < -0.3 is 10.4 Å². The van der Waals surface area contributed by atoms with Crippen molar-refractivity contribution in [2.75, 3.05) is 0 Å². The van der Waals surface area contributed by atoms with Crippen LogP contribution in [0.25, 0.3) is 0 Å². The van der Waals surface area contributed by atoms with E-state index in [1.807, 2.05) is 0 Å². The average molecular weight is 316 g/mol. The molecule has 0 unspecified atom stereocenters. The first-order valence-corrected chi connectivity index (χ1v) is 6.26. The third-order valence-electron chi connectivity index (χ3n) is 3.01. The molecule has 1 aromatic rings. The molecule has 0 spiro atoms. The van der Waals surface area contributed by atoms with E-state index in [4.69, 9.17) is 5.11 Å². The van der Waals surface area contributed by atoms with Gasteiger partial charge in [0.15, 0.2) is 0 Å². The average Bonchev–Trinajstić information content (AvgIpc) is 2.21. The monoisotopic (exact) mass is 315 g/mol. The number of carboxylic acid groups (broad SMARTS) is 1. The van der Waals surface area contributed by atoms with Gasteiger partial charge in [0.25, 0.3) is 5.91 Å². The number of aliphatic carboxylic acids is 1. The second-order valence-electron chi connectivity index (χ2n) is 4.27. The van der Waals surface area contributed by atoms with Crippen molar-refractivity contribution in [3.63, 3.8) is 0 Å². The molecule has 1 aromatic carbocycles. The van der Waals surface area contributed by atoms with Gasteiger partial charge in [-0.3, -0.25) is 9.59 Å². The summed E-state index contributed by atoms with van der Waals surface area (Å²) in [6.45, 7) is 0. The topological polar surface area (TPSA) is 66.4 Å². The highest BCUT2D eigenvalue weighted by atomic mass is 79.9. The van der Waals surface area contributed by atoms with E-state index < -0.39 is 23.6 Å². The Kier molecular flexibility index (Phi) is 3.65. The number of benzene rings is 1. The van der Waals surface area contributed by atoms with Crippen molar-refractivity contribution in [3.05, 3.63) is 34.1 Å². The predicted octanol–water partition coefficient (Wildman–Crippen LogP) is 2.18. The van der Waals surface area contributed by atoms with Crippen molar-refractivity contribution in [2.45, 2.75) is 18.9 Å². The highest BCUT2D eigenvalue weighted by Gasteiger charge is 2.35. The molecule has 0 radical (unpaired) electrons. The number of halogens is 2. The lowest BCUT2D eigenvalue weighted by atomic mass is 9.80. The third-order valence-corrected chi connectivity index (χ3v) is 3.67. The van der Waals surface area contributed by atoms with Crippen molar-refractivity contribution in [1.82, 2.24) is 5.32 Å². The van der Waals surface area contributed by atoms with Crippen molar-refractivity contribution in [3.8, 4) is 0 Å². The van der Waals surface area contributed by atoms with Crippen molar-refractivity contribution < 1.29 is 19.1 Å². The highest BCUT2D eigenvalue weighted by Crippen LogP contribution is 2.28. The predicted molar refractivity (Wildman–Crippen MR) is 65.7 cm³/mol. The Bertz CT molecular complexity index is 480. The number of nitrogens with one attached hydrogen (secondary N) is 1. The molecule has 1 aliphatic rings. The van der Waals surface area contributed by atoms with Gasteiger partial charge in [0, 0.05) is 10.5 Å². The molecule has 0 aromatic heterocycles. The molecule has 1 amide bonds. The van der Waals surface area contributed by atoms with E-state index in [0.717, 1.165) is 0 Å². The molecule has 2 N–H and O–H groups in total. The number of carbonyl (C=O) groups excluding carboxylic acids is 1. The van der Waals surface area contributed by atoms with Crippen LogP contribution < -0.4 is 5.32 Å². The number of hydrogen-bond acceptors (Lipinski definition) is 2. The van der Waals surface area contributed by atoms with Gasteiger partial charge in [0.05, 0.1) is 11.5 Å². The van der Waals surface area contributed by atoms with Gasteiger partial charge in [0.2, 0.25) is 0 Å².